The molecule has 2 heterocycles. The van der Waals surface area contributed by atoms with Gasteiger partial charge in [-0.25, -0.2) is 9.78 Å². The maximum atomic E-state index is 12.3. The number of aromatic nitrogens is 2. The fourth-order valence-electron chi connectivity index (χ4n) is 4.10. The van der Waals surface area contributed by atoms with Crippen LogP contribution in [0, 0.1) is 10.1 Å². The van der Waals surface area contributed by atoms with Crippen LogP contribution in [0.3, 0.4) is 0 Å². The highest BCUT2D eigenvalue weighted by Crippen LogP contribution is 2.37. The van der Waals surface area contributed by atoms with Crippen molar-refractivity contribution in [2.75, 3.05) is 7.11 Å². The van der Waals surface area contributed by atoms with Crippen LogP contribution in [-0.2, 0) is 0 Å². The van der Waals surface area contributed by atoms with Gasteiger partial charge in [0.05, 0.1) is 40.2 Å². The molecule has 0 fully saturated rings. The van der Waals surface area contributed by atoms with E-state index < -0.39 is 10.9 Å². The first-order valence-corrected chi connectivity index (χ1v) is 10.7. The van der Waals surface area contributed by atoms with Gasteiger partial charge >= 0.3 is 5.97 Å². The summed E-state index contributed by atoms with van der Waals surface area (Å²) >= 11 is 0. The molecule has 0 amide bonds. The molecule has 3 aromatic rings. The fourth-order valence-corrected chi connectivity index (χ4v) is 4.10. The Morgan fingerprint density at radius 2 is 1.74 bits per heavy atom. The van der Waals surface area contributed by atoms with E-state index in [9.17, 15) is 20.0 Å². The Kier molecular flexibility index (Phi) is 5.46. The van der Waals surface area contributed by atoms with Crippen molar-refractivity contribution in [1.82, 2.24) is 9.55 Å². The lowest BCUT2D eigenvalue weighted by Crippen LogP contribution is -2.12. The van der Waals surface area contributed by atoms with Crippen molar-refractivity contribution < 1.29 is 19.6 Å². The maximum Gasteiger partial charge on any atom is 0.337 e. The van der Waals surface area contributed by atoms with Crippen molar-refractivity contribution in [2.45, 2.75) is 0 Å². The number of methoxy groups -OCH3 is 1. The molecule has 2 aliphatic heterocycles. The van der Waals surface area contributed by atoms with Crippen LogP contribution < -0.4 is 4.74 Å². The molecule has 1 N–H and O–H groups in total. The zero-order valence-electron chi connectivity index (χ0n) is 18.6. The number of benzene rings is 3. The highest BCUT2D eigenvalue weighted by molar-refractivity contribution is 6.01. The highest BCUT2D eigenvalue weighted by atomic mass is 16.6. The van der Waals surface area contributed by atoms with Crippen molar-refractivity contribution >= 4 is 34.7 Å². The summed E-state index contributed by atoms with van der Waals surface area (Å²) in [4.78, 5) is 27.7. The number of nitrogens with zero attached hydrogens (tertiary/aromatic N) is 3. The first kappa shape index (κ1) is 21.8. The Hall–Kier alpha value is -4.98. The summed E-state index contributed by atoms with van der Waals surface area (Å²) in [5.74, 6) is -0.394. The van der Waals surface area contributed by atoms with Crippen LogP contribution in [0.15, 0.2) is 78.9 Å². The minimum absolute atomic E-state index is 0.0548. The van der Waals surface area contributed by atoms with Crippen LogP contribution in [0.25, 0.3) is 40.1 Å². The van der Waals surface area contributed by atoms with Crippen LogP contribution in [-0.4, -0.2) is 32.7 Å². The quantitative estimate of drug-likeness (QED) is 0.247. The van der Waals surface area contributed by atoms with Gasteiger partial charge in [-0.1, -0.05) is 36.4 Å². The second-order valence-corrected chi connectivity index (χ2v) is 7.83. The average Bonchev–Trinajstić information content (AvgIpc) is 3.25. The number of nitro benzene ring substituents is 1. The van der Waals surface area contributed by atoms with Gasteiger partial charge in [0.15, 0.2) is 0 Å². The molecule has 3 aromatic carbocycles. The number of carboxylic acids is 1. The minimum Gasteiger partial charge on any atom is -0.497 e. The van der Waals surface area contributed by atoms with E-state index in [1.807, 2.05) is 54.6 Å². The van der Waals surface area contributed by atoms with Gasteiger partial charge in [-0.05, 0) is 48.0 Å². The van der Waals surface area contributed by atoms with E-state index in [2.05, 4.69) is 4.98 Å². The summed E-state index contributed by atoms with van der Waals surface area (Å²) in [6.45, 7) is 0. The lowest BCUT2D eigenvalue weighted by atomic mass is 10.0. The van der Waals surface area contributed by atoms with Gasteiger partial charge in [-0.15, -0.1) is 0 Å². The predicted molar refractivity (Wildman–Crippen MR) is 133 cm³/mol. The molecule has 0 aliphatic carbocycles. The molecule has 0 unspecified atom stereocenters. The summed E-state index contributed by atoms with van der Waals surface area (Å²) in [6.07, 6.45) is 3.54. The molecule has 0 atom stereocenters. The van der Waals surface area contributed by atoms with Gasteiger partial charge in [0.1, 0.15) is 5.75 Å². The summed E-state index contributed by atoms with van der Waals surface area (Å²) in [5, 5.41) is 22.1. The molecule has 5 rings (SSSR count). The number of para-hydroxylation sites is 1. The Balaban J connectivity index is 1.81. The summed E-state index contributed by atoms with van der Waals surface area (Å²) in [7, 11) is 1.59. The Bertz CT molecular complexity index is 1570. The Labute approximate surface area is 199 Å². The molecule has 0 saturated carbocycles. The summed E-state index contributed by atoms with van der Waals surface area (Å²) < 4.78 is 6.99. The smallest absolute Gasteiger partial charge is 0.337 e. The third-order valence-electron chi connectivity index (χ3n) is 5.76. The molecule has 2 aliphatic rings. The van der Waals surface area contributed by atoms with E-state index in [1.165, 1.54) is 12.1 Å². The van der Waals surface area contributed by atoms with Crippen molar-refractivity contribution in [3.63, 3.8) is 0 Å². The van der Waals surface area contributed by atoms with Crippen LogP contribution >= 0.6 is 0 Å². The second-order valence-electron chi connectivity index (χ2n) is 7.83. The summed E-state index contributed by atoms with van der Waals surface area (Å²) in [6, 6.07) is 22.5. The van der Waals surface area contributed by atoms with Crippen molar-refractivity contribution in [3.05, 3.63) is 106 Å². The molecule has 8 heteroatoms. The van der Waals surface area contributed by atoms with Crippen molar-refractivity contribution in [2.24, 2.45) is 0 Å². The lowest BCUT2D eigenvalue weighted by molar-refractivity contribution is -0.384. The van der Waals surface area contributed by atoms with E-state index in [0.29, 0.717) is 28.5 Å². The molecule has 8 nitrogen and oxygen atoms in total. The normalized spacial score (nSPS) is 11.3. The van der Waals surface area contributed by atoms with E-state index in [0.717, 1.165) is 16.5 Å². The number of hydrogen-bond donors (Lipinski definition) is 1. The minimum atomic E-state index is -1.11. The number of aromatic carboxylic acids is 1. The molecule has 0 bridgehead atoms. The summed E-state index contributed by atoms with van der Waals surface area (Å²) in [5.41, 5.74) is 3.81. The van der Waals surface area contributed by atoms with Gasteiger partial charge in [0, 0.05) is 23.2 Å². The number of ether oxygens (including phenoxy) is 1. The van der Waals surface area contributed by atoms with E-state index in [-0.39, 0.29) is 11.3 Å². The van der Waals surface area contributed by atoms with Crippen LogP contribution in [0.1, 0.15) is 21.6 Å². The second kappa shape index (κ2) is 8.75. The van der Waals surface area contributed by atoms with Crippen molar-refractivity contribution in [1.29, 1.82) is 0 Å². The Morgan fingerprint density at radius 3 is 2.40 bits per heavy atom. The predicted octanol–water partition coefficient (Wildman–Crippen LogP) is 5.92. The van der Waals surface area contributed by atoms with E-state index in [1.54, 1.807) is 36.0 Å². The first-order valence-electron chi connectivity index (χ1n) is 10.7. The number of non-ortho nitro benzene ring substituents is 1. The van der Waals surface area contributed by atoms with E-state index in [4.69, 9.17) is 4.74 Å². The third kappa shape index (κ3) is 3.97. The zero-order chi connectivity index (χ0) is 24.5. The number of hydrogen-bond acceptors (Lipinski definition) is 5. The maximum absolute atomic E-state index is 12.3. The number of pyridine rings is 1. The van der Waals surface area contributed by atoms with E-state index >= 15 is 0 Å². The highest BCUT2D eigenvalue weighted by Gasteiger charge is 2.24. The Morgan fingerprint density at radius 1 is 1.03 bits per heavy atom. The number of carboxylic acid groups (broad SMARTS) is 1. The van der Waals surface area contributed by atoms with Gasteiger partial charge in [-0.3, -0.25) is 10.1 Å². The number of nitro groups is 1. The number of carbonyl (C=O) groups is 1. The van der Waals surface area contributed by atoms with Crippen LogP contribution in [0.2, 0.25) is 0 Å². The average molecular weight is 465 g/mol. The molecular formula is C27H19N3O5. The number of rotatable bonds is 6. The first-order chi connectivity index (χ1) is 17.0. The SMILES string of the molecule is COc1ccc(C=Cc2c(C(=O)O)cc3nc4ccccc4c-3n2-c2ccc([N+](=O)[O-])cc2)cc1. The topological polar surface area (TPSA) is 107 Å². The van der Waals surface area contributed by atoms with Gasteiger partial charge in [0.25, 0.3) is 5.69 Å². The largest absolute Gasteiger partial charge is 0.497 e. The van der Waals surface area contributed by atoms with Gasteiger partial charge in [0.2, 0.25) is 0 Å². The van der Waals surface area contributed by atoms with Crippen molar-refractivity contribution in [3.8, 4) is 22.8 Å². The van der Waals surface area contributed by atoms with Crippen LogP contribution in [0.4, 0.5) is 5.69 Å². The molecule has 172 valence electrons. The monoisotopic (exact) mass is 465 g/mol. The molecule has 0 spiro atoms. The number of fused-ring (bicyclic) bond motifs is 3. The molecule has 0 saturated heterocycles. The fraction of sp³-hybridized carbons (Fsp3) is 0.0370. The van der Waals surface area contributed by atoms with Crippen LogP contribution in [0.5, 0.6) is 5.75 Å². The lowest BCUT2D eigenvalue weighted by Gasteiger charge is -2.19. The molecular weight excluding hydrogens is 446 g/mol. The zero-order valence-corrected chi connectivity index (χ0v) is 18.6. The van der Waals surface area contributed by atoms with Gasteiger partial charge < -0.3 is 14.4 Å². The third-order valence-corrected chi connectivity index (χ3v) is 5.76. The standard InChI is InChI=1S/C27H19N3O5/c1-35-20-13-6-17(7-14-20)8-15-25-22(27(31)32)16-24-26(21-4-2-3-5-23(21)28-24)29(25)18-9-11-19(12-10-18)30(33)34/h2-16H,1H3,(H,31,32). The molecule has 0 aromatic heterocycles. The van der Waals surface area contributed by atoms with Gasteiger partial charge in [-0.2, -0.15) is 0 Å². The molecule has 35 heavy (non-hydrogen) atoms. The molecule has 0 radical (unpaired) electrons.